The lowest BCUT2D eigenvalue weighted by Gasteiger charge is -2.26. The summed E-state index contributed by atoms with van der Waals surface area (Å²) in [6.07, 6.45) is 3.23. The van der Waals surface area contributed by atoms with E-state index < -0.39 is 5.60 Å². The number of rotatable bonds is 7. The van der Waals surface area contributed by atoms with Crippen molar-refractivity contribution in [3.63, 3.8) is 0 Å². The van der Waals surface area contributed by atoms with Crippen LogP contribution in [-0.2, 0) is 9.53 Å². The SMILES string of the molecule is CCCC(O)(CCC)CC(=O)OCC. The number of aliphatic hydroxyl groups is 1. The molecule has 0 unspecified atom stereocenters. The zero-order valence-electron chi connectivity index (χ0n) is 9.51. The minimum absolute atomic E-state index is 0.127. The van der Waals surface area contributed by atoms with Crippen molar-refractivity contribution in [1.29, 1.82) is 0 Å². The summed E-state index contributed by atoms with van der Waals surface area (Å²) in [6.45, 7) is 6.17. The van der Waals surface area contributed by atoms with E-state index in [0.29, 0.717) is 19.4 Å². The first kappa shape index (κ1) is 13.4. The predicted molar refractivity (Wildman–Crippen MR) is 56.0 cm³/mol. The Balaban J connectivity index is 4.12. The van der Waals surface area contributed by atoms with Gasteiger partial charge in [-0.1, -0.05) is 26.7 Å². The van der Waals surface area contributed by atoms with Crippen LogP contribution in [0.5, 0.6) is 0 Å². The number of ether oxygens (including phenoxy) is 1. The average molecular weight is 202 g/mol. The van der Waals surface area contributed by atoms with Gasteiger partial charge in [-0.25, -0.2) is 0 Å². The Morgan fingerprint density at radius 2 is 1.71 bits per heavy atom. The van der Waals surface area contributed by atoms with Crippen molar-refractivity contribution in [2.45, 2.75) is 58.5 Å². The molecular weight excluding hydrogens is 180 g/mol. The fourth-order valence-corrected chi connectivity index (χ4v) is 1.71. The van der Waals surface area contributed by atoms with Gasteiger partial charge in [0.15, 0.2) is 0 Å². The summed E-state index contributed by atoms with van der Waals surface area (Å²) in [4.78, 5) is 11.2. The largest absolute Gasteiger partial charge is 0.466 e. The molecule has 0 aliphatic carbocycles. The lowest BCUT2D eigenvalue weighted by atomic mass is 9.89. The molecule has 3 heteroatoms. The number of hydrogen-bond acceptors (Lipinski definition) is 3. The summed E-state index contributed by atoms with van der Waals surface area (Å²) in [7, 11) is 0. The Bertz CT molecular complexity index is 160. The molecular formula is C11H22O3. The molecule has 0 saturated heterocycles. The minimum atomic E-state index is -0.851. The lowest BCUT2D eigenvalue weighted by Crippen LogP contribution is -2.32. The van der Waals surface area contributed by atoms with Gasteiger partial charge < -0.3 is 9.84 Å². The highest BCUT2D eigenvalue weighted by Crippen LogP contribution is 2.23. The normalized spacial score (nSPS) is 11.4. The Kier molecular flexibility index (Phi) is 6.54. The number of carbonyl (C=O) groups excluding carboxylic acids is 1. The van der Waals surface area contributed by atoms with Gasteiger partial charge in [0.2, 0.25) is 0 Å². The quantitative estimate of drug-likeness (QED) is 0.644. The first-order valence-electron chi connectivity index (χ1n) is 5.46. The molecule has 0 atom stereocenters. The smallest absolute Gasteiger partial charge is 0.308 e. The van der Waals surface area contributed by atoms with Crippen molar-refractivity contribution in [1.82, 2.24) is 0 Å². The first-order chi connectivity index (χ1) is 6.58. The summed E-state index contributed by atoms with van der Waals surface area (Å²) >= 11 is 0. The van der Waals surface area contributed by atoms with Crippen molar-refractivity contribution in [2.75, 3.05) is 6.61 Å². The highest BCUT2D eigenvalue weighted by Gasteiger charge is 2.28. The third-order valence-electron chi connectivity index (χ3n) is 2.21. The van der Waals surface area contributed by atoms with Gasteiger partial charge in [0.25, 0.3) is 0 Å². The van der Waals surface area contributed by atoms with Crippen molar-refractivity contribution in [2.24, 2.45) is 0 Å². The topological polar surface area (TPSA) is 46.5 Å². The molecule has 84 valence electrons. The van der Waals surface area contributed by atoms with Crippen LogP contribution >= 0.6 is 0 Å². The van der Waals surface area contributed by atoms with Crippen LogP contribution in [0.2, 0.25) is 0 Å². The molecule has 0 fully saturated rings. The average Bonchev–Trinajstić information content (AvgIpc) is 2.04. The number of hydrogen-bond donors (Lipinski definition) is 1. The molecule has 0 rings (SSSR count). The molecule has 0 radical (unpaired) electrons. The Labute approximate surface area is 86.5 Å². The molecule has 0 amide bonds. The number of esters is 1. The molecule has 3 nitrogen and oxygen atoms in total. The lowest BCUT2D eigenvalue weighted by molar-refractivity contribution is -0.149. The highest BCUT2D eigenvalue weighted by atomic mass is 16.5. The summed E-state index contributed by atoms with van der Waals surface area (Å²) in [5.41, 5.74) is -0.851. The van der Waals surface area contributed by atoms with Crippen LogP contribution in [0.15, 0.2) is 0 Å². The van der Waals surface area contributed by atoms with E-state index in [1.54, 1.807) is 6.92 Å². The van der Waals surface area contributed by atoms with Gasteiger partial charge in [-0.15, -0.1) is 0 Å². The van der Waals surface area contributed by atoms with Gasteiger partial charge in [0, 0.05) is 0 Å². The molecule has 0 aromatic heterocycles. The molecule has 0 aliphatic rings. The molecule has 0 aromatic carbocycles. The maximum Gasteiger partial charge on any atom is 0.308 e. The van der Waals surface area contributed by atoms with Crippen LogP contribution in [-0.4, -0.2) is 23.3 Å². The third kappa shape index (κ3) is 5.22. The van der Waals surface area contributed by atoms with Crippen molar-refractivity contribution < 1.29 is 14.6 Å². The van der Waals surface area contributed by atoms with Crippen molar-refractivity contribution in [3.8, 4) is 0 Å². The van der Waals surface area contributed by atoms with E-state index in [1.807, 2.05) is 13.8 Å². The van der Waals surface area contributed by atoms with E-state index >= 15 is 0 Å². The zero-order chi connectivity index (χ0) is 11.0. The molecule has 0 aliphatic heterocycles. The van der Waals surface area contributed by atoms with Crippen molar-refractivity contribution >= 4 is 5.97 Å². The summed E-state index contributed by atoms with van der Waals surface area (Å²) in [5.74, 6) is -0.295. The standard InChI is InChI=1S/C11H22O3/c1-4-7-11(13,8-5-2)9-10(12)14-6-3/h13H,4-9H2,1-3H3. The van der Waals surface area contributed by atoms with Crippen LogP contribution in [0.25, 0.3) is 0 Å². The molecule has 0 bridgehead atoms. The molecule has 0 heterocycles. The van der Waals surface area contributed by atoms with E-state index in [4.69, 9.17) is 4.74 Å². The van der Waals surface area contributed by atoms with E-state index in [0.717, 1.165) is 12.8 Å². The molecule has 14 heavy (non-hydrogen) atoms. The molecule has 1 N–H and O–H groups in total. The second kappa shape index (κ2) is 6.82. The van der Waals surface area contributed by atoms with Crippen LogP contribution in [0.1, 0.15) is 52.9 Å². The summed E-state index contributed by atoms with van der Waals surface area (Å²) < 4.78 is 4.83. The third-order valence-corrected chi connectivity index (χ3v) is 2.21. The minimum Gasteiger partial charge on any atom is -0.466 e. The Hall–Kier alpha value is -0.570. The van der Waals surface area contributed by atoms with Crippen LogP contribution in [0.4, 0.5) is 0 Å². The first-order valence-corrected chi connectivity index (χ1v) is 5.46. The molecule has 0 aromatic rings. The van der Waals surface area contributed by atoms with Gasteiger partial charge in [0.1, 0.15) is 0 Å². The van der Waals surface area contributed by atoms with E-state index in [1.165, 1.54) is 0 Å². The van der Waals surface area contributed by atoms with Gasteiger partial charge in [0.05, 0.1) is 18.6 Å². The summed E-state index contributed by atoms with van der Waals surface area (Å²) in [5, 5.41) is 10.1. The monoisotopic (exact) mass is 202 g/mol. The van der Waals surface area contributed by atoms with E-state index in [-0.39, 0.29) is 12.4 Å². The van der Waals surface area contributed by atoms with Crippen LogP contribution < -0.4 is 0 Å². The van der Waals surface area contributed by atoms with Gasteiger partial charge in [-0.3, -0.25) is 4.79 Å². The molecule has 0 saturated carbocycles. The van der Waals surface area contributed by atoms with Gasteiger partial charge >= 0.3 is 5.97 Å². The Morgan fingerprint density at radius 3 is 2.07 bits per heavy atom. The maximum absolute atomic E-state index is 11.2. The van der Waals surface area contributed by atoms with Gasteiger partial charge in [-0.05, 0) is 19.8 Å². The fourth-order valence-electron chi connectivity index (χ4n) is 1.71. The van der Waals surface area contributed by atoms with E-state index in [2.05, 4.69) is 0 Å². The fraction of sp³-hybridized carbons (Fsp3) is 0.909. The second-order valence-corrected chi connectivity index (χ2v) is 3.71. The number of carbonyl (C=O) groups is 1. The predicted octanol–water partition coefficient (Wildman–Crippen LogP) is 2.27. The highest BCUT2D eigenvalue weighted by molar-refractivity contribution is 5.70. The van der Waals surface area contributed by atoms with Crippen LogP contribution in [0, 0.1) is 0 Å². The van der Waals surface area contributed by atoms with Crippen molar-refractivity contribution in [3.05, 3.63) is 0 Å². The molecule has 0 spiro atoms. The second-order valence-electron chi connectivity index (χ2n) is 3.71. The summed E-state index contributed by atoms with van der Waals surface area (Å²) in [6, 6.07) is 0. The van der Waals surface area contributed by atoms with Gasteiger partial charge in [-0.2, -0.15) is 0 Å². The van der Waals surface area contributed by atoms with E-state index in [9.17, 15) is 9.90 Å². The zero-order valence-corrected chi connectivity index (χ0v) is 9.51. The Morgan fingerprint density at radius 1 is 1.21 bits per heavy atom. The van der Waals surface area contributed by atoms with Crippen LogP contribution in [0.3, 0.4) is 0 Å². The maximum atomic E-state index is 11.2.